The molecule has 283 valence electrons. The molecule has 6 aromatic rings. The normalized spacial score (nSPS) is 11.2. The summed E-state index contributed by atoms with van der Waals surface area (Å²) in [7, 11) is 0. The number of hydrogen-bond donors (Lipinski definition) is 0. The van der Waals surface area contributed by atoms with Crippen molar-refractivity contribution in [1.29, 1.82) is 0 Å². The summed E-state index contributed by atoms with van der Waals surface area (Å²) in [5, 5.41) is 2.17. The van der Waals surface area contributed by atoms with Gasteiger partial charge in [-0.05, 0) is 0 Å². The molecule has 0 heterocycles. The Bertz CT molecular complexity index is 1900. The first-order valence-electron chi connectivity index (χ1n) is 19.4. The van der Waals surface area contributed by atoms with Crippen molar-refractivity contribution in [2.24, 2.45) is 0 Å². The molecule has 1 radical (unpaired) electrons. The molecule has 0 fully saturated rings. The molecular weight excluding hydrogens is 850 g/mol. The van der Waals surface area contributed by atoms with Crippen LogP contribution in [0.25, 0.3) is 33.4 Å². The molecule has 3 nitrogen and oxygen atoms in total. The molecular formula is C48H48Cl3O3Sn. The molecule has 0 atom stereocenters. The van der Waals surface area contributed by atoms with Gasteiger partial charge in [-0.3, -0.25) is 0 Å². The van der Waals surface area contributed by atoms with Crippen LogP contribution in [0.1, 0.15) is 76.0 Å². The Hall–Kier alpha value is -3.61. The summed E-state index contributed by atoms with van der Waals surface area (Å²) < 4.78 is 21.6. The molecule has 6 aromatic carbocycles. The van der Waals surface area contributed by atoms with Gasteiger partial charge in [-0.1, -0.05) is 0 Å². The quantitative estimate of drug-likeness (QED) is 0.0805. The van der Waals surface area contributed by atoms with Crippen molar-refractivity contribution in [1.82, 2.24) is 0 Å². The number of benzene rings is 6. The Kier molecular flexibility index (Phi) is 15.3. The fourth-order valence-corrected chi connectivity index (χ4v) is 11.1. The molecule has 0 saturated carbocycles. The van der Waals surface area contributed by atoms with Crippen LogP contribution in [-0.4, -0.2) is 21.0 Å². The topological polar surface area (TPSA) is 27.7 Å². The minimum atomic E-state index is -4.00. The molecule has 0 aliphatic heterocycles. The van der Waals surface area contributed by atoms with E-state index in [-0.39, 0.29) is 0 Å². The van der Waals surface area contributed by atoms with Crippen LogP contribution < -0.4 is 9.22 Å². The number of halogens is 3. The molecule has 0 saturated heterocycles. The van der Waals surface area contributed by atoms with Crippen LogP contribution in [0.15, 0.2) is 127 Å². The maximum atomic E-state index is 7.20. The Morgan fingerprint density at radius 1 is 0.382 bits per heavy atom. The standard InChI is InChI=1S/3C16H17ClO.Sn/c3*1-2-3-9-13-14(17)10-11-15(18)16(13)12-7-5-4-6-8-12;/h3*4-8,10-11,18H,2-3,9H2,1H3;/q;;;+3/p-3. The Morgan fingerprint density at radius 3 is 0.909 bits per heavy atom. The first-order valence-corrected chi connectivity index (χ1v) is 24.1. The van der Waals surface area contributed by atoms with E-state index in [1.807, 2.05) is 91.0 Å². The minimum absolute atomic E-state index is 0.693. The van der Waals surface area contributed by atoms with Crippen molar-refractivity contribution in [3.63, 3.8) is 0 Å². The van der Waals surface area contributed by atoms with Crippen molar-refractivity contribution in [2.45, 2.75) is 78.6 Å². The Morgan fingerprint density at radius 2 is 0.655 bits per heavy atom. The summed E-state index contributed by atoms with van der Waals surface area (Å²) >= 11 is 16.9. The molecule has 0 N–H and O–H groups in total. The molecule has 0 aromatic heterocycles. The summed E-state index contributed by atoms with van der Waals surface area (Å²) in [5.41, 5.74) is 9.19. The summed E-state index contributed by atoms with van der Waals surface area (Å²) in [6, 6.07) is 42.7. The zero-order valence-corrected chi connectivity index (χ0v) is 37.0. The molecule has 0 aliphatic rings. The zero-order chi connectivity index (χ0) is 38.6. The third-order valence-corrected chi connectivity index (χ3v) is 14.1. The maximum absolute atomic E-state index is 7.20. The van der Waals surface area contributed by atoms with Gasteiger partial charge in [0.2, 0.25) is 0 Å². The van der Waals surface area contributed by atoms with E-state index < -0.39 is 21.0 Å². The van der Waals surface area contributed by atoms with Crippen LogP contribution in [0.5, 0.6) is 17.2 Å². The van der Waals surface area contributed by atoms with E-state index in [0.29, 0.717) is 17.2 Å². The summed E-state index contributed by atoms with van der Waals surface area (Å²) in [6.07, 6.45) is 8.59. The number of rotatable bonds is 18. The second-order valence-electron chi connectivity index (χ2n) is 13.7. The molecule has 7 heteroatoms. The fourth-order valence-electron chi connectivity index (χ4n) is 6.95. The molecule has 0 bridgehead atoms. The molecule has 55 heavy (non-hydrogen) atoms. The van der Waals surface area contributed by atoms with Crippen molar-refractivity contribution >= 4 is 55.8 Å². The van der Waals surface area contributed by atoms with E-state index in [0.717, 1.165) is 123 Å². The van der Waals surface area contributed by atoms with E-state index in [9.17, 15) is 0 Å². The van der Waals surface area contributed by atoms with Crippen molar-refractivity contribution in [3.05, 3.63) is 159 Å². The van der Waals surface area contributed by atoms with Crippen molar-refractivity contribution in [3.8, 4) is 50.6 Å². The summed E-state index contributed by atoms with van der Waals surface area (Å²) in [4.78, 5) is 0. The summed E-state index contributed by atoms with van der Waals surface area (Å²) in [5.74, 6) is 2.08. The molecule has 0 aliphatic carbocycles. The molecule has 0 unspecified atom stereocenters. The van der Waals surface area contributed by atoms with E-state index in [1.165, 1.54) is 0 Å². The van der Waals surface area contributed by atoms with E-state index in [2.05, 4.69) is 57.2 Å². The molecule has 6 rings (SSSR count). The van der Waals surface area contributed by atoms with Crippen LogP contribution >= 0.6 is 34.8 Å². The number of hydrogen-bond acceptors (Lipinski definition) is 3. The second kappa shape index (κ2) is 20.5. The van der Waals surface area contributed by atoms with Gasteiger partial charge in [-0.25, -0.2) is 0 Å². The van der Waals surface area contributed by atoms with Crippen LogP contribution in [0.4, 0.5) is 0 Å². The van der Waals surface area contributed by atoms with Crippen molar-refractivity contribution < 1.29 is 9.22 Å². The van der Waals surface area contributed by atoms with Crippen LogP contribution in [0, 0.1) is 0 Å². The van der Waals surface area contributed by atoms with Gasteiger partial charge in [0, 0.05) is 0 Å². The van der Waals surface area contributed by atoms with E-state index in [4.69, 9.17) is 44.0 Å². The Balaban J connectivity index is 1.55. The van der Waals surface area contributed by atoms with Gasteiger partial charge in [0.1, 0.15) is 0 Å². The van der Waals surface area contributed by atoms with Gasteiger partial charge in [-0.15, -0.1) is 0 Å². The van der Waals surface area contributed by atoms with Gasteiger partial charge < -0.3 is 0 Å². The van der Waals surface area contributed by atoms with Gasteiger partial charge in [0.05, 0.1) is 0 Å². The van der Waals surface area contributed by atoms with Crippen molar-refractivity contribution in [2.75, 3.05) is 0 Å². The average molecular weight is 898 g/mol. The van der Waals surface area contributed by atoms with Gasteiger partial charge in [0.25, 0.3) is 0 Å². The first kappa shape index (κ1) is 41.0. The Labute approximate surface area is 350 Å². The number of unbranched alkanes of at least 4 members (excludes halogenated alkanes) is 3. The predicted octanol–water partition coefficient (Wildman–Crippen LogP) is 15.2. The zero-order valence-electron chi connectivity index (χ0n) is 31.8. The summed E-state index contributed by atoms with van der Waals surface area (Å²) in [6.45, 7) is 6.58. The third-order valence-electron chi connectivity index (χ3n) is 9.76. The molecule has 0 spiro atoms. The van der Waals surface area contributed by atoms with Gasteiger partial charge in [0.15, 0.2) is 0 Å². The van der Waals surface area contributed by atoms with E-state index >= 15 is 0 Å². The molecule has 0 amide bonds. The van der Waals surface area contributed by atoms with E-state index in [1.54, 1.807) is 0 Å². The van der Waals surface area contributed by atoms with Crippen LogP contribution in [0.2, 0.25) is 15.1 Å². The fraction of sp³-hybridized carbons (Fsp3) is 0.250. The van der Waals surface area contributed by atoms with Gasteiger partial charge >= 0.3 is 353 Å². The van der Waals surface area contributed by atoms with Gasteiger partial charge in [-0.2, -0.15) is 0 Å². The monoisotopic (exact) mass is 897 g/mol. The average Bonchev–Trinajstić information content (AvgIpc) is 3.21. The van der Waals surface area contributed by atoms with Crippen LogP contribution in [-0.2, 0) is 19.3 Å². The SMILES string of the molecule is CCCCc1c(Cl)ccc([O][Sn]([O]c2ccc(Cl)c(CCCC)c2-c2ccccc2)[O]c2ccc(Cl)c(CCCC)c2-c2ccccc2)c1-c1ccccc1. The first-order chi connectivity index (χ1) is 26.9. The third kappa shape index (κ3) is 10.2. The predicted molar refractivity (Wildman–Crippen MR) is 234 cm³/mol. The second-order valence-corrected chi connectivity index (χ2v) is 18.1. The van der Waals surface area contributed by atoms with Crippen LogP contribution in [0.3, 0.4) is 0 Å².